The molecule has 1 heteroatoms. The van der Waals surface area contributed by atoms with E-state index in [0.717, 1.165) is 0 Å². The van der Waals surface area contributed by atoms with Crippen LogP contribution in [0.15, 0.2) is 61.2 Å². The van der Waals surface area contributed by atoms with Crippen LogP contribution in [-0.4, -0.2) is 9.52 Å². The van der Waals surface area contributed by atoms with Gasteiger partial charge in [0, 0.05) is 0 Å². The van der Waals surface area contributed by atoms with E-state index in [2.05, 4.69) is 68.1 Å². The molecule has 0 saturated carbocycles. The summed E-state index contributed by atoms with van der Waals surface area (Å²) >= 11 is 0. The zero-order chi connectivity index (χ0) is 11.4. The van der Waals surface area contributed by atoms with Crippen molar-refractivity contribution in [3.8, 4) is 0 Å². The molecule has 0 spiro atoms. The molecule has 0 aliphatic heterocycles. The Hall–Kier alpha value is -1.60. The summed E-state index contributed by atoms with van der Waals surface area (Å²) in [6.45, 7) is 6.35. The van der Waals surface area contributed by atoms with Gasteiger partial charge in [0.05, 0.1) is 9.52 Å². The Bertz CT molecular complexity index is 486. The lowest BCUT2D eigenvalue weighted by Crippen LogP contribution is -2.14. The average Bonchev–Trinajstić information content (AvgIpc) is 2.30. The van der Waals surface area contributed by atoms with Gasteiger partial charge in [-0.3, -0.25) is 0 Å². The third-order valence-electron chi connectivity index (χ3n) is 2.69. The molecule has 0 nitrogen and oxygen atoms in total. The number of rotatable bonds is 3. The van der Waals surface area contributed by atoms with Crippen molar-refractivity contribution in [2.75, 3.05) is 0 Å². The maximum absolute atomic E-state index is 4.22. The number of hydrogen-bond acceptors (Lipinski definition) is 0. The van der Waals surface area contributed by atoms with Crippen molar-refractivity contribution in [3.05, 3.63) is 72.3 Å². The van der Waals surface area contributed by atoms with Gasteiger partial charge in [-0.05, 0) is 12.5 Å². The summed E-state index contributed by atoms with van der Waals surface area (Å²) in [5.74, 6) is 0. The Morgan fingerprint density at radius 1 is 1.00 bits per heavy atom. The summed E-state index contributed by atoms with van der Waals surface area (Å²) in [5.41, 5.74) is 2.61. The van der Waals surface area contributed by atoms with E-state index >= 15 is 0 Å². The number of benzene rings is 2. The minimum absolute atomic E-state index is 0.396. The van der Waals surface area contributed by atoms with E-state index in [4.69, 9.17) is 0 Å². The Kier molecular flexibility index (Phi) is 3.37. The largest absolute Gasteiger partial charge is 0.0995 e. The van der Waals surface area contributed by atoms with Crippen molar-refractivity contribution < 1.29 is 0 Å². The highest BCUT2D eigenvalue weighted by Gasteiger charge is 2.01. The number of hydrogen-bond donors (Lipinski definition) is 0. The van der Waals surface area contributed by atoms with E-state index in [1.54, 1.807) is 0 Å². The van der Waals surface area contributed by atoms with Crippen LogP contribution in [0.3, 0.4) is 0 Å². The van der Waals surface area contributed by atoms with E-state index in [9.17, 15) is 0 Å². The topological polar surface area (TPSA) is 0 Å². The van der Waals surface area contributed by atoms with Crippen LogP contribution in [-0.2, 0) is 0 Å². The molecule has 0 amide bonds. The van der Waals surface area contributed by atoms with E-state index in [1.165, 1.54) is 21.5 Å². The number of aryl methyl sites for hydroxylation is 1. The minimum atomic E-state index is -0.396. The summed E-state index contributed by atoms with van der Waals surface area (Å²) in [6.07, 6.45) is 0. The van der Waals surface area contributed by atoms with Crippen LogP contribution in [0.4, 0.5) is 0 Å². The van der Waals surface area contributed by atoms with Crippen LogP contribution in [0.5, 0.6) is 0 Å². The first-order chi connectivity index (χ1) is 7.75. The molecule has 80 valence electrons. The lowest BCUT2D eigenvalue weighted by molar-refractivity contribution is 1.46. The Balaban J connectivity index is 2.15. The third-order valence-corrected chi connectivity index (χ3v) is 4.40. The van der Waals surface area contributed by atoms with Gasteiger partial charge < -0.3 is 0 Å². The zero-order valence-electron chi connectivity index (χ0n) is 9.61. The van der Waals surface area contributed by atoms with Gasteiger partial charge in [0.2, 0.25) is 0 Å². The summed E-state index contributed by atoms with van der Waals surface area (Å²) < 4.78 is 0. The van der Waals surface area contributed by atoms with Crippen molar-refractivity contribution in [2.24, 2.45) is 0 Å². The minimum Gasteiger partial charge on any atom is -0.0995 e. The maximum Gasteiger partial charge on any atom is 0.0875 e. The molecular formula is C15H16Si. The van der Waals surface area contributed by atoms with Gasteiger partial charge in [0.15, 0.2) is 0 Å². The van der Waals surface area contributed by atoms with Crippen molar-refractivity contribution in [2.45, 2.75) is 6.92 Å². The van der Waals surface area contributed by atoms with Crippen LogP contribution >= 0.6 is 0 Å². The normalized spacial score (nSPS) is 10.8. The van der Waals surface area contributed by atoms with Gasteiger partial charge in [-0.25, -0.2) is 0 Å². The molecule has 0 fully saturated rings. The Labute approximate surface area is 99.5 Å². The van der Waals surface area contributed by atoms with Crippen LogP contribution in [0.1, 0.15) is 11.1 Å². The standard InChI is InChI=1S/C15H16Si/c1-12-7-6-8-14(11-12)13(2)16-15-9-4-3-5-10-15/h3-11H,2,16H2,1H3. The van der Waals surface area contributed by atoms with E-state index in [-0.39, 0.29) is 0 Å². The van der Waals surface area contributed by atoms with Crippen molar-refractivity contribution in [3.63, 3.8) is 0 Å². The molecule has 0 heterocycles. The predicted octanol–water partition coefficient (Wildman–Crippen LogP) is 2.46. The molecule has 2 aromatic rings. The van der Waals surface area contributed by atoms with E-state index in [1.807, 2.05) is 0 Å². The van der Waals surface area contributed by atoms with E-state index < -0.39 is 9.52 Å². The highest BCUT2D eigenvalue weighted by Crippen LogP contribution is 2.12. The fourth-order valence-electron chi connectivity index (χ4n) is 1.81. The lowest BCUT2D eigenvalue weighted by Gasteiger charge is -2.06. The quantitative estimate of drug-likeness (QED) is 0.703. The summed E-state index contributed by atoms with van der Waals surface area (Å²) in [6, 6.07) is 19.3. The van der Waals surface area contributed by atoms with E-state index in [0.29, 0.717) is 0 Å². The Morgan fingerprint density at radius 3 is 2.44 bits per heavy atom. The van der Waals surface area contributed by atoms with Gasteiger partial charge in [-0.15, -0.1) is 0 Å². The molecule has 0 atom stereocenters. The first-order valence-electron chi connectivity index (χ1n) is 5.54. The third kappa shape index (κ3) is 2.71. The highest BCUT2D eigenvalue weighted by molar-refractivity contribution is 6.72. The molecule has 2 aromatic carbocycles. The Morgan fingerprint density at radius 2 is 1.75 bits per heavy atom. The second kappa shape index (κ2) is 4.95. The van der Waals surface area contributed by atoms with Crippen LogP contribution in [0.25, 0.3) is 5.20 Å². The average molecular weight is 224 g/mol. The summed E-state index contributed by atoms with van der Waals surface area (Å²) in [4.78, 5) is 0. The SMILES string of the molecule is C=C([SiH2]c1ccccc1)c1cccc(C)c1. The zero-order valence-corrected chi connectivity index (χ0v) is 11.0. The van der Waals surface area contributed by atoms with Gasteiger partial charge in [0.1, 0.15) is 0 Å². The second-order valence-corrected chi connectivity index (χ2v) is 6.16. The summed E-state index contributed by atoms with van der Waals surface area (Å²) in [5, 5.41) is 2.77. The molecule has 0 unspecified atom stereocenters. The maximum atomic E-state index is 4.22. The first kappa shape index (κ1) is 10.9. The van der Waals surface area contributed by atoms with Crippen molar-refractivity contribution in [1.82, 2.24) is 0 Å². The van der Waals surface area contributed by atoms with Crippen molar-refractivity contribution in [1.29, 1.82) is 0 Å². The molecule has 0 aliphatic carbocycles. The molecule has 0 bridgehead atoms. The molecule has 0 radical (unpaired) electrons. The fourth-order valence-corrected chi connectivity index (χ4v) is 3.23. The van der Waals surface area contributed by atoms with Crippen LogP contribution < -0.4 is 5.19 Å². The smallest absolute Gasteiger partial charge is 0.0875 e. The fraction of sp³-hybridized carbons (Fsp3) is 0.0667. The van der Waals surface area contributed by atoms with Crippen molar-refractivity contribution >= 4 is 19.9 Å². The second-order valence-electron chi connectivity index (χ2n) is 4.14. The van der Waals surface area contributed by atoms with Gasteiger partial charge in [0.25, 0.3) is 0 Å². The summed E-state index contributed by atoms with van der Waals surface area (Å²) in [7, 11) is -0.396. The molecule has 0 N–H and O–H groups in total. The van der Waals surface area contributed by atoms with Crippen LogP contribution in [0.2, 0.25) is 0 Å². The molecule has 0 aliphatic rings. The predicted molar refractivity (Wildman–Crippen MR) is 74.8 cm³/mol. The molecule has 0 saturated heterocycles. The molecule has 2 rings (SSSR count). The lowest BCUT2D eigenvalue weighted by atomic mass is 10.1. The highest BCUT2D eigenvalue weighted by atomic mass is 28.2. The van der Waals surface area contributed by atoms with Crippen LogP contribution in [0, 0.1) is 6.92 Å². The van der Waals surface area contributed by atoms with Gasteiger partial charge in [-0.2, -0.15) is 0 Å². The monoisotopic (exact) mass is 224 g/mol. The molecule has 16 heavy (non-hydrogen) atoms. The molecule has 0 aromatic heterocycles. The van der Waals surface area contributed by atoms with Gasteiger partial charge in [-0.1, -0.05) is 77.1 Å². The first-order valence-corrected chi connectivity index (χ1v) is 6.96. The molecular weight excluding hydrogens is 208 g/mol. The van der Waals surface area contributed by atoms with Gasteiger partial charge >= 0.3 is 0 Å².